The average Bonchev–Trinajstić information content (AvgIpc) is 3.10. The van der Waals surface area contributed by atoms with Crippen LogP contribution in [-0.4, -0.2) is 15.7 Å². The van der Waals surface area contributed by atoms with Gasteiger partial charge in [-0.15, -0.1) is 0 Å². The van der Waals surface area contributed by atoms with Crippen molar-refractivity contribution in [3.05, 3.63) is 77.4 Å². The summed E-state index contributed by atoms with van der Waals surface area (Å²) in [4.78, 5) is 12.4. The van der Waals surface area contributed by atoms with Gasteiger partial charge in [0, 0.05) is 23.6 Å². The quantitative estimate of drug-likeness (QED) is 0.784. The van der Waals surface area contributed by atoms with Gasteiger partial charge in [0.15, 0.2) is 0 Å². The van der Waals surface area contributed by atoms with Crippen LogP contribution >= 0.6 is 0 Å². The molecule has 1 heterocycles. The highest BCUT2D eigenvalue weighted by Gasteiger charge is 2.10. The highest BCUT2D eigenvalue weighted by atomic mass is 19.1. The fourth-order valence-electron chi connectivity index (χ4n) is 2.59. The van der Waals surface area contributed by atoms with Gasteiger partial charge >= 0.3 is 0 Å². The van der Waals surface area contributed by atoms with E-state index in [1.165, 1.54) is 6.07 Å². The Hall–Kier alpha value is -2.95. The topological polar surface area (TPSA) is 46.9 Å². The number of nitrogens with zero attached hydrogens (tertiary/aromatic N) is 2. The normalized spacial score (nSPS) is 10.6. The van der Waals surface area contributed by atoms with Crippen molar-refractivity contribution in [2.45, 2.75) is 20.3 Å². The highest BCUT2D eigenvalue weighted by Crippen LogP contribution is 2.18. The summed E-state index contributed by atoms with van der Waals surface area (Å²) in [6.07, 6.45) is 4.14. The summed E-state index contributed by atoms with van der Waals surface area (Å²) in [5.41, 5.74) is 3.59. The standard InChI is InChI=1S/C19H18FN3O/c1-3-14-12-16(6-7-17(14)20)22-19(24)15-5-8-18(13(2)11-15)23-10-4-9-21-23/h4-12H,3H2,1-2H3,(H,22,24). The third kappa shape index (κ3) is 3.20. The minimum absolute atomic E-state index is 0.223. The van der Waals surface area contributed by atoms with Gasteiger partial charge in [0.25, 0.3) is 5.91 Å². The molecule has 3 rings (SSSR count). The van der Waals surface area contributed by atoms with Crippen LogP contribution < -0.4 is 5.32 Å². The molecule has 0 atom stereocenters. The van der Waals surface area contributed by atoms with E-state index in [2.05, 4.69) is 10.4 Å². The first kappa shape index (κ1) is 15.9. The SMILES string of the molecule is CCc1cc(NC(=O)c2ccc(-n3cccn3)c(C)c2)ccc1F. The predicted octanol–water partition coefficient (Wildman–Crippen LogP) is 4.13. The molecule has 0 spiro atoms. The van der Waals surface area contributed by atoms with E-state index in [4.69, 9.17) is 0 Å². The number of carbonyl (C=O) groups is 1. The number of benzene rings is 2. The van der Waals surface area contributed by atoms with Gasteiger partial charge < -0.3 is 5.32 Å². The Morgan fingerprint density at radius 2 is 2.08 bits per heavy atom. The molecule has 0 bridgehead atoms. The van der Waals surface area contributed by atoms with Crippen LogP contribution in [0.1, 0.15) is 28.4 Å². The second kappa shape index (κ2) is 6.66. The minimum Gasteiger partial charge on any atom is -0.322 e. The van der Waals surface area contributed by atoms with E-state index in [1.807, 2.05) is 38.2 Å². The van der Waals surface area contributed by atoms with E-state index in [0.717, 1.165) is 11.3 Å². The maximum absolute atomic E-state index is 13.5. The van der Waals surface area contributed by atoms with Gasteiger partial charge in [0.1, 0.15) is 5.82 Å². The van der Waals surface area contributed by atoms with Crippen molar-refractivity contribution >= 4 is 11.6 Å². The van der Waals surface area contributed by atoms with Crippen molar-refractivity contribution in [1.82, 2.24) is 9.78 Å². The van der Waals surface area contributed by atoms with Gasteiger partial charge in [0.2, 0.25) is 0 Å². The molecule has 0 unspecified atom stereocenters. The molecule has 0 saturated carbocycles. The number of hydrogen-bond acceptors (Lipinski definition) is 2. The Balaban J connectivity index is 1.82. The first-order valence-corrected chi connectivity index (χ1v) is 7.79. The van der Waals surface area contributed by atoms with Gasteiger partial charge in [-0.3, -0.25) is 4.79 Å². The van der Waals surface area contributed by atoms with Crippen molar-refractivity contribution in [3.8, 4) is 5.69 Å². The number of carbonyl (C=O) groups excluding carboxylic acids is 1. The molecule has 2 aromatic carbocycles. The van der Waals surface area contributed by atoms with Crippen LogP contribution in [0.5, 0.6) is 0 Å². The summed E-state index contributed by atoms with van der Waals surface area (Å²) >= 11 is 0. The van der Waals surface area contributed by atoms with Gasteiger partial charge in [-0.25, -0.2) is 9.07 Å². The van der Waals surface area contributed by atoms with Gasteiger partial charge in [-0.1, -0.05) is 6.92 Å². The maximum Gasteiger partial charge on any atom is 0.255 e. The molecule has 0 aliphatic rings. The van der Waals surface area contributed by atoms with Crippen LogP contribution in [0.25, 0.3) is 5.69 Å². The van der Waals surface area contributed by atoms with E-state index in [9.17, 15) is 9.18 Å². The van der Waals surface area contributed by atoms with E-state index in [1.54, 1.807) is 29.1 Å². The zero-order valence-corrected chi connectivity index (χ0v) is 13.6. The molecule has 0 fully saturated rings. The smallest absolute Gasteiger partial charge is 0.255 e. The molecule has 1 amide bonds. The van der Waals surface area contributed by atoms with E-state index in [-0.39, 0.29) is 11.7 Å². The summed E-state index contributed by atoms with van der Waals surface area (Å²) in [7, 11) is 0. The second-order valence-electron chi connectivity index (χ2n) is 5.57. The molecule has 122 valence electrons. The van der Waals surface area contributed by atoms with E-state index >= 15 is 0 Å². The molecule has 1 aromatic heterocycles. The monoisotopic (exact) mass is 323 g/mol. The predicted molar refractivity (Wildman–Crippen MR) is 92.0 cm³/mol. The molecule has 0 aliphatic heterocycles. The lowest BCUT2D eigenvalue weighted by Crippen LogP contribution is -2.13. The Kier molecular flexibility index (Phi) is 4.42. The average molecular weight is 323 g/mol. The summed E-state index contributed by atoms with van der Waals surface area (Å²) in [5.74, 6) is -0.478. The molecule has 3 aromatic rings. The Labute approximate surface area is 139 Å². The number of hydrogen-bond donors (Lipinski definition) is 1. The van der Waals surface area contributed by atoms with E-state index in [0.29, 0.717) is 23.2 Å². The number of amides is 1. The lowest BCUT2D eigenvalue weighted by molar-refractivity contribution is 0.102. The van der Waals surface area contributed by atoms with Crippen LogP contribution in [0.15, 0.2) is 54.9 Å². The third-order valence-electron chi connectivity index (χ3n) is 3.89. The lowest BCUT2D eigenvalue weighted by Gasteiger charge is -2.10. The molecule has 0 saturated heterocycles. The van der Waals surface area contributed by atoms with Crippen molar-refractivity contribution in [2.75, 3.05) is 5.32 Å². The van der Waals surface area contributed by atoms with Crippen LogP contribution in [-0.2, 0) is 6.42 Å². The minimum atomic E-state index is -0.255. The molecule has 0 radical (unpaired) electrons. The molecule has 0 aliphatic carbocycles. The highest BCUT2D eigenvalue weighted by molar-refractivity contribution is 6.04. The Morgan fingerprint density at radius 3 is 2.75 bits per heavy atom. The number of nitrogens with one attached hydrogen (secondary N) is 1. The second-order valence-corrected chi connectivity index (χ2v) is 5.57. The molecular weight excluding hydrogens is 305 g/mol. The Morgan fingerprint density at radius 1 is 1.25 bits per heavy atom. The molecule has 24 heavy (non-hydrogen) atoms. The molecule has 1 N–H and O–H groups in total. The summed E-state index contributed by atoms with van der Waals surface area (Å²) in [5, 5.41) is 7.01. The summed E-state index contributed by atoms with van der Waals surface area (Å²) < 4.78 is 15.3. The zero-order chi connectivity index (χ0) is 17.1. The number of halogens is 1. The Bertz CT molecular complexity index is 872. The number of aryl methyl sites for hydroxylation is 2. The number of rotatable bonds is 4. The first-order valence-electron chi connectivity index (χ1n) is 7.79. The van der Waals surface area contributed by atoms with Crippen molar-refractivity contribution < 1.29 is 9.18 Å². The number of anilines is 1. The van der Waals surface area contributed by atoms with Crippen molar-refractivity contribution in [3.63, 3.8) is 0 Å². The summed E-state index contributed by atoms with van der Waals surface area (Å²) in [6.45, 7) is 3.81. The number of aromatic nitrogens is 2. The van der Waals surface area contributed by atoms with Crippen LogP contribution in [0.4, 0.5) is 10.1 Å². The lowest BCUT2D eigenvalue weighted by atomic mass is 10.1. The van der Waals surface area contributed by atoms with Gasteiger partial charge in [-0.2, -0.15) is 5.10 Å². The van der Waals surface area contributed by atoms with E-state index < -0.39 is 0 Å². The van der Waals surface area contributed by atoms with Gasteiger partial charge in [0.05, 0.1) is 5.69 Å². The van der Waals surface area contributed by atoms with Crippen molar-refractivity contribution in [1.29, 1.82) is 0 Å². The largest absolute Gasteiger partial charge is 0.322 e. The molecule has 5 heteroatoms. The maximum atomic E-state index is 13.5. The molecule has 4 nitrogen and oxygen atoms in total. The summed E-state index contributed by atoms with van der Waals surface area (Å²) in [6, 6.07) is 11.9. The van der Waals surface area contributed by atoms with Crippen LogP contribution in [0.3, 0.4) is 0 Å². The van der Waals surface area contributed by atoms with Crippen molar-refractivity contribution in [2.24, 2.45) is 0 Å². The third-order valence-corrected chi connectivity index (χ3v) is 3.89. The molecular formula is C19H18FN3O. The zero-order valence-electron chi connectivity index (χ0n) is 13.6. The van der Waals surface area contributed by atoms with Crippen LogP contribution in [0, 0.1) is 12.7 Å². The fourth-order valence-corrected chi connectivity index (χ4v) is 2.59. The van der Waals surface area contributed by atoms with Crippen LogP contribution in [0.2, 0.25) is 0 Å². The van der Waals surface area contributed by atoms with Gasteiger partial charge in [-0.05, 0) is 66.9 Å². The first-order chi connectivity index (χ1) is 11.6. The fraction of sp³-hybridized carbons (Fsp3) is 0.158.